The number of benzene rings is 5. The Labute approximate surface area is 258 Å². The smallest absolute Gasteiger partial charge is 0.429 e. The molecule has 45 heavy (non-hydrogen) atoms. The number of aryl methyl sites for hydroxylation is 1. The molecule has 0 aliphatic rings. The minimum atomic E-state index is -4.64. The van der Waals surface area contributed by atoms with Crippen LogP contribution >= 0.6 is 11.6 Å². The molecule has 0 aliphatic carbocycles. The quantitative estimate of drug-likeness (QED) is 0.0881. The topological polar surface area (TPSA) is 9.23 Å². The van der Waals surface area contributed by atoms with Crippen LogP contribution in [-0.2, 0) is 12.5 Å². The number of ether oxygens (including phenoxy) is 1. The van der Waals surface area contributed by atoms with E-state index in [9.17, 15) is 22.0 Å². The van der Waals surface area contributed by atoms with Gasteiger partial charge in [0.1, 0.15) is 51.2 Å². The zero-order valence-electron chi connectivity index (χ0n) is 23.1. The molecule has 0 heterocycles. The lowest BCUT2D eigenvalue weighted by Crippen LogP contribution is -2.25. The van der Waals surface area contributed by atoms with Gasteiger partial charge in [-0.25, -0.2) is 26.3 Å². The molecule has 0 unspecified atom stereocenters. The van der Waals surface area contributed by atoms with Crippen LogP contribution in [0.2, 0.25) is 5.02 Å². The Balaban J connectivity index is 1.38. The third-order valence-electron chi connectivity index (χ3n) is 7.02. The van der Waals surface area contributed by atoms with E-state index >= 15 is 13.2 Å². The van der Waals surface area contributed by atoms with Crippen LogP contribution in [0.25, 0.3) is 33.4 Å². The fraction of sp³-hybridized carbons (Fsp3) is 0.0857. The van der Waals surface area contributed by atoms with Crippen LogP contribution in [-0.4, -0.2) is 0 Å². The zero-order chi connectivity index (χ0) is 32.5. The van der Waals surface area contributed by atoms with Crippen molar-refractivity contribution in [2.24, 2.45) is 0 Å². The summed E-state index contributed by atoms with van der Waals surface area (Å²) in [5.41, 5.74) is -0.764. The van der Waals surface area contributed by atoms with E-state index in [2.05, 4.69) is 11.3 Å². The molecular weight excluding hydrogens is 624 g/mol. The normalized spacial score (nSPS) is 11.5. The van der Waals surface area contributed by atoms with Crippen molar-refractivity contribution >= 4 is 11.6 Å². The van der Waals surface area contributed by atoms with Crippen molar-refractivity contribution in [2.45, 2.75) is 19.0 Å². The van der Waals surface area contributed by atoms with Crippen molar-refractivity contribution < 1.29 is 39.9 Å². The molecule has 0 aliphatic heterocycles. The maximum absolute atomic E-state index is 15.1. The van der Waals surface area contributed by atoms with E-state index in [-0.39, 0.29) is 22.3 Å². The van der Waals surface area contributed by atoms with E-state index in [1.807, 2.05) is 12.1 Å². The minimum Gasteiger partial charge on any atom is -0.429 e. The first-order valence-electron chi connectivity index (χ1n) is 13.4. The Kier molecular flexibility index (Phi) is 9.02. The Hall–Kier alpha value is -4.63. The van der Waals surface area contributed by atoms with Crippen LogP contribution in [0.5, 0.6) is 5.75 Å². The van der Waals surface area contributed by atoms with Gasteiger partial charge in [-0.1, -0.05) is 54.1 Å². The number of alkyl halides is 2. The second-order valence-corrected chi connectivity index (χ2v) is 10.4. The Morgan fingerprint density at radius 2 is 1.09 bits per heavy atom. The molecule has 5 rings (SSSR count). The Morgan fingerprint density at radius 3 is 1.62 bits per heavy atom. The Morgan fingerprint density at radius 1 is 0.600 bits per heavy atom. The third kappa shape index (κ3) is 6.73. The maximum atomic E-state index is 15.1. The van der Waals surface area contributed by atoms with Crippen LogP contribution in [0.3, 0.4) is 0 Å². The monoisotopic (exact) mass is 644 g/mol. The number of rotatable bonds is 9. The summed E-state index contributed by atoms with van der Waals surface area (Å²) in [6, 6.07) is 16.1. The van der Waals surface area contributed by atoms with Gasteiger partial charge in [-0.3, -0.25) is 0 Å². The summed E-state index contributed by atoms with van der Waals surface area (Å²) in [5, 5.41) is -0.811. The van der Waals surface area contributed by atoms with Gasteiger partial charge < -0.3 is 4.74 Å². The van der Waals surface area contributed by atoms with Gasteiger partial charge in [0.2, 0.25) is 0 Å². The molecule has 0 amide bonds. The highest BCUT2D eigenvalue weighted by Crippen LogP contribution is 2.39. The van der Waals surface area contributed by atoms with Gasteiger partial charge in [-0.05, 0) is 83.1 Å². The summed E-state index contributed by atoms with van der Waals surface area (Å²) in [5.74, 6) is -8.72. The van der Waals surface area contributed by atoms with Crippen molar-refractivity contribution in [1.82, 2.24) is 0 Å². The number of hydrogen-bond acceptors (Lipinski definition) is 1. The molecule has 0 saturated carbocycles. The average molecular weight is 645 g/mol. The summed E-state index contributed by atoms with van der Waals surface area (Å²) >= 11 is 5.43. The van der Waals surface area contributed by atoms with E-state index in [0.29, 0.717) is 29.3 Å². The molecule has 0 saturated heterocycles. The van der Waals surface area contributed by atoms with Crippen molar-refractivity contribution in [3.8, 4) is 39.1 Å². The van der Waals surface area contributed by atoms with Crippen LogP contribution in [0.4, 0.5) is 35.1 Å². The molecule has 10 heteroatoms. The fourth-order valence-corrected chi connectivity index (χ4v) is 4.88. The van der Waals surface area contributed by atoms with E-state index in [4.69, 9.17) is 11.6 Å². The van der Waals surface area contributed by atoms with Crippen LogP contribution in [0.15, 0.2) is 97.6 Å². The molecule has 0 aromatic heterocycles. The molecular formula is C35H21ClF8O. The molecule has 0 spiro atoms. The second-order valence-electron chi connectivity index (χ2n) is 10.0. The van der Waals surface area contributed by atoms with Crippen molar-refractivity contribution in [1.29, 1.82) is 0 Å². The van der Waals surface area contributed by atoms with E-state index in [1.54, 1.807) is 18.2 Å². The number of allylic oxidation sites excluding steroid dienone is 1. The number of halogens is 9. The van der Waals surface area contributed by atoms with Crippen molar-refractivity contribution in [3.05, 3.63) is 149 Å². The van der Waals surface area contributed by atoms with E-state index in [0.717, 1.165) is 42.7 Å². The fourth-order valence-electron chi connectivity index (χ4n) is 4.77. The van der Waals surface area contributed by atoms with Gasteiger partial charge in [0, 0.05) is 17.2 Å². The molecule has 0 bridgehead atoms. The van der Waals surface area contributed by atoms with Crippen molar-refractivity contribution in [2.75, 3.05) is 0 Å². The second kappa shape index (κ2) is 12.8. The number of hydrogen-bond donors (Lipinski definition) is 0. The minimum absolute atomic E-state index is 0.234. The summed E-state index contributed by atoms with van der Waals surface area (Å²) in [7, 11) is 0. The first-order chi connectivity index (χ1) is 21.4. The first-order valence-corrected chi connectivity index (χ1v) is 13.8. The lowest BCUT2D eigenvalue weighted by Gasteiger charge is -2.20. The van der Waals surface area contributed by atoms with Crippen molar-refractivity contribution in [3.63, 3.8) is 0 Å². The summed E-state index contributed by atoms with van der Waals surface area (Å²) < 4.78 is 122. The molecule has 0 radical (unpaired) electrons. The largest absolute Gasteiger partial charge is 0.432 e. The predicted molar refractivity (Wildman–Crippen MR) is 157 cm³/mol. The van der Waals surface area contributed by atoms with E-state index in [1.165, 1.54) is 18.2 Å². The summed E-state index contributed by atoms with van der Waals surface area (Å²) in [4.78, 5) is 0. The highest BCUT2D eigenvalue weighted by molar-refractivity contribution is 6.31. The first kappa shape index (κ1) is 31.8. The van der Waals surface area contributed by atoms with Crippen LogP contribution in [0.1, 0.15) is 17.5 Å². The molecule has 1 nitrogen and oxygen atoms in total. The molecule has 5 aromatic rings. The van der Waals surface area contributed by atoms with Gasteiger partial charge >= 0.3 is 6.11 Å². The third-order valence-corrected chi connectivity index (χ3v) is 7.38. The standard InChI is InChI=1S/C35H21ClF8O/c1-2-3-4-19-5-7-20(8-6-19)21-9-11-25(27(37)13-21)22-14-29(39)33(30(40)15-22)35(43,44)45-24-10-12-26(28(38)18-24)23-16-31(41)34(36)32(42)17-23/h2,5-18H,1,3-4H2. The lowest BCUT2D eigenvalue weighted by molar-refractivity contribution is -0.189. The van der Waals surface area contributed by atoms with E-state index < -0.39 is 57.3 Å². The molecule has 0 fully saturated rings. The molecule has 0 N–H and O–H groups in total. The average Bonchev–Trinajstić information content (AvgIpc) is 2.98. The van der Waals surface area contributed by atoms with Gasteiger partial charge in [0.25, 0.3) is 0 Å². The summed E-state index contributed by atoms with van der Waals surface area (Å²) in [6.07, 6.45) is -1.24. The molecule has 230 valence electrons. The van der Waals surface area contributed by atoms with Gasteiger partial charge in [-0.15, -0.1) is 6.58 Å². The van der Waals surface area contributed by atoms with Gasteiger partial charge in [0.15, 0.2) is 0 Å². The SMILES string of the molecule is C=CCCc1ccc(-c2ccc(-c3cc(F)c(C(F)(F)Oc4ccc(-c5cc(F)c(Cl)c(F)c5)c(F)c4)c(F)c3)c(F)c2)cc1. The van der Waals surface area contributed by atoms with Crippen LogP contribution < -0.4 is 4.74 Å². The van der Waals surface area contributed by atoms with Gasteiger partial charge in [-0.2, -0.15) is 8.78 Å². The highest BCUT2D eigenvalue weighted by Gasteiger charge is 2.41. The highest BCUT2D eigenvalue weighted by atomic mass is 35.5. The lowest BCUT2D eigenvalue weighted by atomic mass is 9.97. The maximum Gasteiger partial charge on any atom is 0.432 e. The molecule has 0 atom stereocenters. The Bertz CT molecular complexity index is 1860. The van der Waals surface area contributed by atoms with Crippen LogP contribution in [0, 0.1) is 34.9 Å². The van der Waals surface area contributed by atoms with Gasteiger partial charge in [0.05, 0.1) is 0 Å². The predicted octanol–water partition coefficient (Wildman–Crippen LogP) is 11.4. The molecule has 5 aromatic carbocycles. The summed E-state index contributed by atoms with van der Waals surface area (Å²) in [6.45, 7) is 3.68. The zero-order valence-corrected chi connectivity index (χ0v) is 23.8.